The Morgan fingerprint density at radius 3 is 2.38 bits per heavy atom. The summed E-state index contributed by atoms with van der Waals surface area (Å²) >= 11 is 9.86. The number of nitrogens with one attached hydrogen (secondary N) is 3. The molecule has 7 heteroatoms. The predicted octanol–water partition coefficient (Wildman–Crippen LogP) is -0.0556. The Morgan fingerprint density at radius 1 is 1.06 bits per heavy atom. The van der Waals surface area contributed by atoms with E-state index < -0.39 is 0 Å². The topological polar surface area (TPSA) is 56.5 Å². The average Bonchev–Trinajstić information content (AvgIpc) is 2.17. The normalized spacial score (nSPS) is 9.25. The van der Waals surface area contributed by atoms with Crippen molar-refractivity contribution in [2.45, 2.75) is 0 Å². The smallest absolute Gasteiger partial charge is 0.326 e. The van der Waals surface area contributed by atoms with E-state index in [1.165, 1.54) is 0 Å². The molecule has 3 N–H and O–H groups in total. The average molecular weight is 259 g/mol. The summed E-state index contributed by atoms with van der Waals surface area (Å²) in [4.78, 5) is 9.64. The molecule has 0 unspecified atom stereocenters. The van der Waals surface area contributed by atoms with Gasteiger partial charge in [-0.25, -0.2) is 0 Å². The number of benzene rings is 1. The monoisotopic (exact) mass is 259 g/mol. The summed E-state index contributed by atoms with van der Waals surface area (Å²) in [6, 6.07) is 9.66. The molecule has 0 amide bonds. The van der Waals surface area contributed by atoms with Crippen molar-refractivity contribution in [2.24, 2.45) is 0 Å². The maximum atomic E-state index is 4.95. The van der Waals surface area contributed by atoms with E-state index in [1.807, 2.05) is 30.3 Å². The van der Waals surface area contributed by atoms with E-state index in [4.69, 9.17) is 24.4 Å². The van der Waals surface area contributed by atoms with Gasteiger partial charge in [-0.2, -0.15) is 4.98 Å². The van der Waals surface area contributed by atoms with E-state index in [1.54, 1.807) is 0 Å². The van der Waals surface area contributed by atoms with Gasteiger partial charge in [0.05, 0.1) is 0 Å². The molecule has 0 saturated heterocycles. The van der Waals surface area contributed by atoms with Gasteiger partial charge in [-0.05, 0) is 36.6 Å². The maximum Gasteiger partial charge on any atom is 1.00 e. The van der Waals surface area contributed by atoms with E-state index in [0.717, 1.165) is 5.69 Å². The number of aromatic nitrogens is 3. The fraction of sp³-hybridized carbons (Fsp3) is 0. The fourth-order valence-electron chi connectivity index (χ4n) is 1.11. The van der Waals surface area contributed by atoms with Gasteiger partial charge in [-0.3, -0.25) is 0 Å². The van der Waals surface area contributed by atoms with Gasteiger partial charge < -0.3 is 15.3 Å². The zero-order valence-electron chi connectivity index (χ0n) is 8.65. The minimum Gasteiger partial charge on any atom is -0.326 e. The molecule has 0 aliphatic rings. The SMILES string of the molecule is S=c1nc(Nc2ccccc2)[nH]c(=S)[nH]1.[Na+]. The van der Waals surface area contributed by atoms with Crippen LogP contribution in [0.15, 0.2) is 30.3 Å². The van der Waals surface area contributed by atoms with Crippen LogP contribution in [-0.2, 0) is 0 Å². The molecule has 76 valence electrons. The molecule has 0 aliphatic heterocycles. The first kappa shape index (κ1) is 13.5. The zero-order chi connectivity index (χ0) is 10.7. The minimum atomic E-state index is 0. The van der Waals surface area contributed by atoms with Crippen molar-refractivity contribution >= 4 is 36.1 Å². The number of para-hydroxylation sites is 1. The first-order valence-corrected chi connectivity index (χ1v) is 5.08. The number of nitrogens with zero attached hydrogens (tertiary/aromatic N) is 1. The Hall–Kier alpha value is -0.530. The third-order valence-corrected chi connectivity index (χ3v) is 2.10. The summed E-state index contributed by atoms with van der Waals surface area (Å²) in [5.41, 5.74) is 0.927. The summed E-state index contributed by atoms with van der Waals surface area (Å²) in [5, 5.41) is 3.07. The minimum absolute atomic E-state index is 0. The second-order valence-corrected chi connectivity index (χ2v) is 3.63. The van der Waals surface area contributed by atoms with Crippen LogP contribution < -0.4 is 34.9 Å². The molecule has 1 aromatic heterocycles. The predicted molar refractivity (Wildman–Crippen MR) is 64.3 cm³/mol. The van der Waals surface area contributed by atoms with E-state index in [0.29, 0.717) is 15.5 Å². The van der Waals surface area contributed by atoms with Crippen LogP contribution in [0.2, 0.25) is 0 Å². The molecule has 0 atom stereocenters. The standard InChI is InChI=1S/C9H8N4S2.Na/c14-8-11-7(12-9(15)13-8)10-6-4-2-1-3-5-6;/h1-5H,(H3,10,11,12,13,14,15);/q;+1. The molecule has 2 rings (SSSR count). The Bertz CT molecular complexity index is 535. The summed E-state index contributed by atoms with van der Waals surface area (Å²) in [7, 11) is 0. The van der Waals surface area contributed by atoms with Gasteiger partial charge in [-0.15, -0.1) is 0 Å². The second-order valence-electron chi connectivity index (χ2n) is 2.84. The number of anilines is 2. The Balaban J connectivity index is 0.00000128. The van der Waals surface area contributed by atoms with Gasteiger partial charge in [0.15, 0.2) is 4.77 Å². The first-order valence-electron chi connectivity index (χ1n) is 4.27. The van der Waals surface area contributed by atoms with E-state index in [2.05, 4.69) is 20.3 Å². The summed E-state index contributed by atoms with van der Waals surface area (Å²) < 4.78 is 0.811. The molecule has 16 heavy (non-hydrogen) atoms. The zero-order valence-corrected chi connectivity index (χ0v) is 12.3. The van der Waals surface area contributed by atoms with Crippen LogP contribution in [-0.4, -0.2) is 15.0 Å². The van der Waals surface area contributed by atoms with Gasteiger partial charge in [0.1, 0.15) is 0 Å². The van der Waals surface area contributed by atoms with Crippen molar-refractivity contribution in [1.29, 1.82) is 0 Å². The maximum absolute atomic E-state index is 4.95. The molecule has 4 nitrogen and oxygen atoms in total. The molecule has 0 radical (unpaired) electrons. The van der Waals surface area contributed by atoms with Crippen molar-refractivity contribution in [2.75, 3.05) is 5.32 Å². The van der Waals surface area contributed by atoms with Crippen molar-refractivity contribution in [3.8, 4) is 0 Å². The molecule has 0 saturated carbocycles. The van der Waals surface area contributed by atoms with Crippen molar-refractivity contribution in [3.63, 3.8) is 0 Å². The number of hydrogen-bond acceptors (Lipinski definition) is 4. The number of hydrogen-bond donors (Lipinski definition) is 3. The molecular formula is C9H8N4NaS2+. The molecule has 2 aromatic rings. The van der Waals surface area contributed by atoms with E-state index in [9.17, 15) is 0 Å². The molecule has 1 heterocycles. The summed E-state index contributed by atoms with van der Waals surface area (Å²) in [6.45, 7) is 0. The van der Waals surface area contributed by atoms with Gasteiger partial charge in [0, 0.05) is 5.69 Å². The molecular weight excluding hydrogens is 251 g/mol. The van der Waals surface area contributed by atoms with Gasteiger partial charge in [0.25, 0.3) is 0 Å². The Kier molecular flexibility index (Phi) is 5.30. The quantitative estimate of drug-likeness (QED) is 0.522. The van der Waals surface area contributed by atoms with Crippen molar-refractivity contribution in [1.82, 2.24) is 15.0 Å². The van der Waals surface area contributed by atoms with Crippen LogP contribution in [0.4, 0.5) is 11.6 Å². The van der Waals surface area contributed by atoms with Crippen LogP contribution in [0.3, 0.4) is 0 Å². The van der Waals surface area contributed by atoms with Crippen LogP contribution in [0.25, 0.3) is 0 Å². The number of H-pyrrole nitrogens is 2. The fourth-order valence-corrected chi connectivity index (χ4v) is 1.56. The largest absolute Gasteiger partial charge is 1.00 e. The molecule has 1 aromatic carbocycles. The van der Waals surface area contributed by atoms with Gasteiger partial charge in [0.2, 0.25) is 10.7 Å². The van der Waals surface area contributed by atoms with E-state index >= 15 is 0 Å². The van der Waals surface area contributed by atoms with Crippen molar-refractivity contribution in [3.05, 3.63) is 39.9 Å². The second kappa shape index (κ2) is 6.27. The van der Waals surface area contributed by atoms with Gasteiger partial charge >= 0.3 is 29.6 Å². The summed E-state index contributed by atoms with van der Waals surface area (Å²) in [5.74, 6) is 0.537. The van der Waals surface area contributed by atoms with Crippen LogP contribution >= 0.6 is 24.4 Å². The summed E-state index contributed by atoms with van der Waals surface area (Å²) in [6.07, 6.45) is 0. The molecule has 0 spiro atoms. The number of rotatable bonds is 2. The number of aromatic amines is 2. The third-order valence-electron chi connectivity index (χ3n) is 1.70. The van der Waals surface area contributed by atoms with Gasteiger partial charge in [-0.1, -0.05) is 18.2 Å². The molecule has 0 fully saturated rings. The molecule has 0 aliphatic carbocycles. The van der Waals surface area contributed by atoms with Crippen LogP contribution in [0, 0.1) is 9.54 Å². The molecule has 0 bridgehead atoms. The first-order chi connectivity index (χ1) is 7.24. The van der Waals surface area contributed by atoms with E-state index in [-0.39, 0.29) is 29.6 Å². The van der Waals surface area contributed by atoms with Crippen molar-refractivity contribution < 1.29 is 29.6 Å². The van der Waals surface area contributed by atoms with Crippen LogP contribution in [0.1, 0.15) is 0 Å². The Morgan fingerprint density at radius 2 is 1.75 bits per heavy atom. The van der Waals surface area contributed by atoms with Crippen LogP contribution in [0.5, 0.6) is 0 Å². The third kappa shape index (κ3) is 3.80. The Labute approximate surface area is 125 Å².